The summed E-state index contributed by atoms with van der Waals surface area (Å²) in [5.41, 5.74) is 1.66. The molecule has 8 nitrogen and oxygen atoms in total. The predicted molar refractivity (Wildman–Crippen MR) is 117 cm³/mol. The highest BCUT2D eigenvalue weighted by Crippen LogP contribution is 2.21. The van der Waals surface area contributed by atoms with Gasteiger partial charge in [-0.3, -0.25) is 4.99 Å². The van der Waals surface area contributed by atoms with Gasteiger partial charge in [0.1, 0.15) is 5.75 Å². The molecular formula is C20H25N3O5S2. The van der Waals surface area contributed by atoms with E-state index in [1.807, 2.05) is 19.9 Å². The van der Waals surface area contributed by atoms with Gasteiger partial charge in [0.25, 0.3) is 0 Å². The Morgan fingerprint density at radius 2 is 1.77 bits per heavy atom. The van der Waals surface area contributed by atoms with Gasteiger partial charge < -0.3 is 4.74 Å². The van der Waals surface area contributed by atoms with E-state index in [-0.39, 0.29) is 16.3 Å². The van der Waals surface area contributed by atoms with Gasteiger partial charge in [0.05, 0.1) is 40.5 Å². The number of methoxy groups -OCH3 is 1. The Labute approximate surface area is 177 Å². The molecule has 0 radical (unpaired) electrons. The molecule has 0 amide bonds. The first kappa shape index (κ1) is 23.7. The summed E-state index contributed by atoms with van der Waals surface area (Å²) in [4.78, 5) is 8.85. The minimum Gasteiger partial charge on any atom is -0.497 e. The van der Waals surface area contributed by atoms with E-state index in [4.69, 9.17) is 4.74 Å². The van der Waals surface area contributed by atoms with Gasteiger partial charge in [-0.1, -0.05) is 13.0 Å². The van der Waals surface area contributed by atoms with Crippen LogP contribution in [0.1, 0.15) is 31.7 Å². The zero-order valence-corrected chi connectivity index (χ0v) is 18.9. The molecule has 0 unspecified atom stereocenters. The number of rotatable bonds is 9. The molecule has 0 saturated heterocycles. The molecule has 1 aromatic heterocycles. The van der Waals surface area contributed by atoms with Gasteiger partial charge in [-0.25, -0.2) is 26.5 Å². The third kappa shape index (κ3) is 6.22. The van der Waals surface area contributed by atoms with Crippen LogP contribution in [0.2, 0.25) is 0 Å². The van der Waals surface area contributed by atoms with Crippen LogP contribution in [0.5, 0.6) is 5.75 Å². The molecule has 0 aliphatic rings. The highest BCUT2D eigenvalue weighted by Gasteiger charge is 2.16. The lowest BCUT2D eigenvalue weighted by Crippen LogP contribution is -2.24. The Morgan fingerprint density at radius 3 is 2.30 bits per heavy atom. The topological polar surface area (TPSA) is 115 Å². The molecule has 1 heterocycles. The van der Waals surface area contributed by atoms with Crippen molar-refractivity contribution in [3.63, 3.8) is 0 Å². The van der Waals surface area contributed by atoms with Crippen LogP contribution in [-0.2, 0) is 26.4 Å². The lowest BCUT2D eigenvalue weighted by Gasteiger charge is -2.10. The Bertz CT molecular complexity index is 1150. The second-order valence-electron chi connectivity index (χ2n) is 6.35. The molecule has 0 spiro atoms. The molecule has 162 valence electrons. The molecule has 1 N–H and O–H groups in total. The molecule has 0 atom stereocenters. The second kappa shape index (κ2) is 9.96. The molecule has 2 rings (SSSR count). The van der Waals surface area contributed by atoms with E-state index in [1.165, 1.54) is 31.4 Å². The van der Waals surface area contributed by atoms with E-state index in [1.54, 1.807) is 18.3 Å². The van der Waals surface area contributed by atoms with Gasteiger partial charge >= 0.3 is 0 Å². The van der Waals surface area contributed by atoms with Crippen molar-refractivity contribution >= 4 is 31.8 Å². The molecule has 2 aromatic rings. The molecule has 0 saturated carbocycles. The van der Waals surface area contributed by atoms with Gasteiger partial charge in [0, 0.05) is 24.6 Å². The first-order valence-electron chi connectivity index (χ1n) is 9.14. The zero-order valence-electron chi connectivity index (χ0n) is 17.3. The van der Waals surface area contributed by atoms with Crippen LogP contribution in [0, 0.1) is 0 Å². The Kier molecular flexibility index (Phi) is 7.88. The maximum Gasteiger partial charge on any atom is 0.240 e. The number of sulfonamides is 1. The first-order valence-corrected chi connectivity index (χ1v) is 12.5. The molecule has 0 fully saturated rings. The molecular weight excluding hydrogens is 426 g/mol. The minimum atomic E-state index is -3.86. The van der Waals surface area contributed by atoms with E-state index in [0.29, 0.717) is 22.8 Å². The minimum absolute atomic E-state index is 0.0419. The zero-order chi connectivity index (χ0) is 22.4. The van der Waals surface area contributed by atoms with Crippen molar-refractivity contribution in [3.8, 4) is 5.75 Å². The Morgan fingerprint density at radius 1 is 1.13 bits per heavy atom. The summed E-state index contributed by atoms with van der Waals surface area (Å²) in [7, 11) is -5.75. The average Bonchev–Trinajstić information content (AvgIpc) is 2.72. The maximum atomic E-state index is 12.6. The second-order valence-corrected chi connectivity index (χ2v) is 10.1. The highest BCUT2D eigenvalue weighted by atomic mass is 32.2. The van der Waals surface area contributed by atoms with Gasteiger partial charge in [-0.05, 0) is 37.6 Å². The number of aromatic nitrogens is 1. The van der Waals surface area contributed by atoms with E-state index in [9.17, 15) is 16.8 Å². The van der Waals surface area contributed by atoms with Gasteiger partial charge in [-0.2, -0.15) is 0 Å². The van der Waals surface area contributed by atoms with E-state index in [2.05, 4.69) is 14.7 Å². The van der Waals surface area contributed by atoms with Crippen molar-refractivity contribution in [2.24, 2.45) is 4.99 Å². The average molecular weight is 452 g/mol. The highest BCUT2D eigenvalue weighted by molar-refractivity contribution is 7.90. The summed E-state index contributed by atoms with van der Waals surface area (Å²) in [5.74, 6) is 0.526. The number of pyridine rings is 1. The van der Waals surface area contributed by atoms with Crippen LogP contribution in [0.25, 0.3) is 5.70 Å². The van der Waals surface area contributed by atoms with Crippen molar-refractivity contribution in [1.82, 2.24) is 9.71 Å². The smallest absolute Gasteiger partial charge is 0.240 e. The van der Waals surface area contributed by atoms with E-state index < -0.39 is 19.9 Å². The van der Waals surface area contributed by atoms with Crippen LogP contribution >= 0.6 is 0 Å². The fourth-order valence-electron chi connectivity index (χ4n) is 2.50. The maximum absolute atomic E-state index is 12.6. The number of ether oxygens (including phenoxy) is 1. The molecule has 1 aromatic carbocycles. The van der Waals surface area contributed by atoms with E-state index >= 15 is 0 Å². The number of nitrogens with zero attached hydrogens (tertiary/aromatic N) is 2. The van der Waals surface area contributed by atoms with Crippen molar-refractivity contribution < 1.29 is 21.6 Å². The standard InChI is InChI=1S/C20H25N3O5S2/c1-5-11-21-19(6-2)20-13-16(28-3)12-15(23-20)14-22-30(26,27)18-9-7-17(8-10-18)29(4,24)25/h6-13,22H,5,14H2,1-4H3/b19-6-,21-11?. The number of sulfone groups is 1. The van der Waals surface area contributed by atoms with Gasteiger partial charge in [0.2, 0.25) is 10.0 Å². The van der Waals surface area contributed by atoms with Gasteiger partial charge in [0.15, 0.2) is 9.84 Å². The molecule has 30 heavy (non-hydrogen) atoms. The summed E-state index contributed by atoms with van der Waals surface area (Å²) in [5, 5.41) is 0. The number of allylic oxidation sites excluding steroid dienone is 1. The quantitative estimate of drug-likeness (QED) is 0.586. The number of aliphatic imine (C=N–C) groups is 1. The fraction of sp³-hybridized carbons (Fsp3) is 0.300. The SMILES string of the molecule is C/C=C(\N=CCC)c1cc(OC)cc(CNS(=O)(=O)c2ccc(S(C)(=O)=O)cc2)n1. The summed E-state index contributed by atoms with van der Waals surface area (Å²) in [6.45, 7) is 3.74. The predicted octanol–water partition coefficient (Wildman–Crippen LogP) is 2.81. The lowest BCUT2D eigenvalue weighted by molar-refractivity contribution is 0.413. The van der Waals surface area contributed by atoms with Crippen LogP contribution in [0.4, 0.5) is 0 Å². The van der Waals surface area contributed by atoms with E-state index in [0.717, 1.165) is 12.7 Å². The van der Waals surface area contributed by atoms with Crippen molar-refractivity contribution in [2.75, 3.05) is 13.4 Å². The first-order chi connectivity index (χ1) is 14.1. The normalized spacial score (nSPS) is 13.0. The van der Waals surface area contributed by atoms with Crippen molar-refractivity contribution in [3.05, 3.63) is 53.9 Å². The largest absolute Gasteiger partial charge is 0.497 e. The van der Waals surface area contributed by atoms with Crippen LogP contribution in [0.3, 0.4) is 0 Å². The number of hydrogen-bond donors (Lipinski definition) is 1. The van der Waals surface area contributed by atoms with Crippen molar-refractivity contribution in [2.45, 2.75) is 36.6 Å². The summed E-state index contributed by atoms with van der Waals surface area (Å²) in [6.07, 6.45) is 5.40. The molecule has 0 aliphatic carbocycles. The summed E-state index contributed by atoms with van der Waals surface area (Å²) < 4.78 is 56.0. The summed E-state index contributed by atoms with van der Waals surface area (Å²) in [6, 6.07) is 8.38. The number of nitrogens with one attached hydrogen (secondary N) is 1. The number of benzene rings is 1. The monoisotopic (exact) mass is 451 g/mol. The lowest BCUT2D eigenvalue weighted by atomic mass is 10.2. The molecule has 10 heteroatoms. The van der Waals surface area contributed by atoms with Crippen LogP contribution in [-0.4, -0.2) is 41.4 Å². The molecule has 0 bridgehead atoms. The molecule has 0 aliphatic heterocycles. The number of hydrogen-bond acceptors (Lipinski definition) is 7. The Balaban J connectivity index is 2.27. The van der Waals surface area contributed by atoms with Crippen LogP contribution in [0.15, 0.2) is 57.3 Å². The third-order valence-electron chi connectivity index (χ3n) is 4.04. The van der Waals surface area contributed by atoms with Crippen molar-refractivity contribution in [1.29, 1.82) is 0 Å². The Hall–Kier alpha value is -2.56. The third-order valence-corrected chi connectivity index (χ3v) is 6.59. The van der Waals surface area contributed by atoms with Crippen LogP contribution < -0.4 is 9.46 Å². The van der Waals surface area contributed by atoms with Gasteiger partial charge in [-0.15, -0.1) is 0 Å². The summed E-state index contributed by atoms with van der Waals surface area (Å²) >= 11 is 0. The fourth-order valence-corrected chi connectivity index (χ4v) is 4.13.